The Morgan fingerprint density at radius 2 is 0.760 bits per heavy atom. The smallest absolute Gasteiger partial charge is 0.124 e. The van der Waals surface area contributed by atoms with Gasteiger partial charge in [-0.1, -0.05) is 60.7 Å². The number of benzene rings is 7. The molecule has 1 N–H and O–H groups in total. The lowest BCUT2D eigenvalue weighted by molar-refractivity contribution is 0.482. The summed E-state index contributed by atoms with van der Waals surface area (Å²) in [6.07, 6.45) is 0. The SMILES string of the molecule is Oc1cc2ccc3ccc4ccc5ccc6ccc1c1c6c5c4c3c21. The van der Waals surface area contributed by atoms with Gasteiger partial charge in [0.1, 0.15) is 5.75 Å². The van der Waals surface area contributed by atoms with Crippen molar-refractivity contribution in [3.05, 3.63) is 66.7 Å². The molecule has 0 amide bonds. The number of aromatic hydroxyl groups is 1. The molecule has 0 saturated heterocycles. The highest BCUT2D eigenvalue weighted by atomic mass is 16.3. The highest BCUT2D eigenvalue weighted by molar-refractivity contribution is 6.44. The van der Waals surface area contributed by atoms with Gasteiger partial charge >= 0.3 is 0 Å². The van der Waals surface area contributed by atoms with Gasteiger partial charge in [-0.05, 0) is 59.9 Å². The van der Waals surface area contributed by atoms with Crippen molar-refractivity contribution in [1.82, 2.24) is 0 Å². The number of hydrogen-bond donors (Lipinski definition) is 1. The molecule has 7 aromatic rings. The van der Waals surface area contributed by atoms with E-state index < -0.39 is 0 Å². The van der Waals surface area contributed by atoms with Crippen LogP contribution in [-0.4, -0.2) is 5.11 Å². The molecule has 25 heavy (non-hydrogen) atoms. The Bertz CT molecular complexity index is 1530. The first-order valence-corrected chi connectivity index (χ1v) is 8.60. The molecule has 0 saturated carbocycles. The molecule has 7 aromatic carbocycles. The molecule has 0 aliphatic carbocycles. The van der Waals surface area contributed by atoms with Crippen LogP contribution >= 0.6 is 0 Å². The minimum absolute atomic E-state index is 0.368. The first-order valence-electron chi connectivity index (χ1n) is 8.60. The number of hydrogen-bond acceptors (Lipinski definition) is 1. The third-order valence-electron chi connectivity index (χ3n) is 5.98. The summed E-state index contributed by atoms with van der Waals surface area (Å²) in [5, 5.41) is 25.6. The summed E-state index contributed by atoms with van der Waals surface area (Å²) in [6.45, 7) is 0. The van der Waals surface area contributed by atoms with E-state index >= 15 is 0 Å². The molecular weight excluding hydrogens is 304 g/mol. The number of phenolic OH excluding ortho intramolecular Hbond substituents is 1. The third kappa shape index (κ3) is 1.20. The summed E-state index contributed by atoms with van der Waals surface area (Å²) in [5.74, 6) is 0.368. The second kappa shape index (κ2) is 3.68. The second-order valence-corrected chi connectivity index (χ2v) is 7.14. The number of phenols is 1. The molecule has 7 rings (SSSR count). The molecule has 0 heterocycles. The lowest BCUT2D eigenvalue weighted by atomic mass is 9.83. The third-order valence-corrected chi connectivity index (χ3v) is 5.98. The van der Waals surface area contributed by atoms with Gasteiger partial charge in [0.15, 0.2) is 0 Å². The Hall–Kier alpha value is -3.32. The molecule has 0 atom stereocenters. The normalized spacial score (nSPS) is 13.0. The monoisotopic (exact) mass is 316 g/mol. The van der Waals surface area contributed by atoms with Crippen LogP contribution in [0.3, 0.4) is 0 Å². The first kappa shape index (κ1) is 12.1. The Kier molecular flexibility index (Phi) is 1.78. The van der Waals surface area contributed by atoms with Crippen LogP contribution in [0.15, 0.2) is 66.7 Å². The molecule has 0 aliphatic rings. The van der Waals surface area contributed by atoms with E-state index in [2.05, 4.69) is 60.7 Å². The van der Waals surface area contributed by atoms with E-state index in [4.69, 9.17) is 0 Å². The van der Waals surface area contributed by atoms with E-state index in [0.717, 1.165) is 10.8 Å². The zero-order valence-corrected chi connectivity index (χ0v) is 13.3. The van der Waals surface area contributed by atoms with Gasteiger partial charge in [-0.2, -0.15) is 0 Å². The van der Waals surface area contributed by atoms with Crippen LogP contribution in [-0.2, 0) is 0 Å². The van der Waals surface area contributed by atoms with Gasteiger partial charge in [-0.3, -0.25) is 0 Å². The van der Waals surface area contributed by atoms with Crippen LogP contribution in [0.25, 0.3) is 64.6 Å². The molecule has 1 nitrogen and oxygen atoms in total. The van der Waals surface area contributed by atoms with Gasteiger partial charge in [-0.15, -0.1) is 0 Å². The van der Waals surface area contributed by atoms with E-state index in [9.17, 15) is 5.11 Å². The zero-order chi connectivity index (χ0) is 16.3. The Balaban J connectivity index is 2.10. The molecule has 0 aromatic heterocycles. The van der Waals surface area contributed by atoms with Crippen molar-refractivity contribution < 1.29 is 5.11 Å². The van der Waals surface area contributed by atoms with E-state index in [1.165, 1.54) is 53.9 Å². The average molecular weight is 316 g/mol. The van der Waals surface area contributed by atoms with Crippen molar-refractivity contribution in [2.24, 2.45) is 0 Å². The summed E-state index contributed by atoms with van der Waals surface area (Å²) in [5.41, 5.74) is 0. The van der Waals surface area contributed by atoms with Gasteiger partial charge in [0.2, 0.25) is 0 Å². The van der Waals surface area contributed by atoms with Crippen molar-refractivity contribution in [1.29, 1.82) is 0 Å². The van der Waals surface area contributed by atoms with Gasteiger partial charge in [-0.25, -0.2) is 0 Å². The van der Waals surface area contributed by atoms with Crippen molar-refractivity contribution in [2.45, 2.75) is 0 Å². The van der Waals surface area contributed by atoms with Crippen molar-refractivity contribution in [2.75, 3.05) is 0 Å². The Morgan fingerprint density at radius 3 is 1.28 bits per heavy atom. The summed E-state index contributed by atoms with van der Waals surface area (Å²) in [4.78, 5) is 0. The maximum Gasteiger partial charge on any atom is 0.124 e. The summed E-state index contributed by atoms with van der Waals surface area (Å²) in [7, 11) is 0. The molecule has 0 spiro atoms. The lowest BCUT2D eigenvalue weighted by Gasteiger charge is -2.20. The van der Waals surface area contributed by atoms with Gasteiger partial charge in [0.05, 0.1) is 0 Å². The minimum Gasteiger partial charge on any atom is -0.507 e. The summed E-state index contributed by atoms with van der Waals surface area (Å²) < 4.78 is 0. The van der Waals surface area contributed by atoms with E-state index in [1.54, 1.807) is 0 Å². The molecule has 0 fully saturated rings. The minimum atomic E-state index is 0.368. The zero-order valence-electron chi connectivity index (χ0n) is 13.3. The van der Waals surface area contributed by atoms with E-state index in [-0.39, 0.29) is 0 Å². The lowest BCUT2D eigenvalue weighted by Crippen LogP contribution is -1.92. The van der Waals surface area contributed by atoms with Crippen molar-refractivity contribution in [3.8, 4) is 5.75 Å². The molecule has 0 aliphatic heterocycles. The molecule has 114 valence electrons. The van der Waals surface area contributed by atoms with E-state index in [1.807, 2.05) is 6.07 Å². The van der Waals surface area contributed by atoms with Crippen LogP contribution in [0.4, 0.5) is 0 Å². The Labute approximate surface area is 142 Å². The maximum absolute atomic E-state index is 10.6. The van der Waals surface area contributed by atoms with Gasteiger partial charge < -0.3 is 5.11 Å². The average Bonchev–Trinajstić information content (AvgIpc) is 2.66. The molecular formula is C24H12O. The topological polar surface area (TPSA) is 20.2 Å². The fourth-order valence-corrected chi connectivity index (χ4v) is 4.97. The second-order valence-electron chi connectivity index (χ2n) is 7.14. The number of rotatable bonds is 0. The fourth-order valence-electron chi connectivity index (χ4n) is 4.97. The van der Waals surface area contributed by atoms with Gasteiger partial charge in [0.25, 0.3) is 0 Å². The first-order chi connectivity index (χ1) is 12.3. The van der Waals surface area contributed by atoms with E-state index in [0.29, 0.717) is 5.75 Å². The Morgan fingerprint density at radius 1 is 0.400 bits per heavy atom. The molecule has 0 unspecified atom stereocenters. The van der Waals surface area contributed by atoms with Crippen LogP contribution in [0.1, 0.15) is 0 Å². The van der Waals surface area contributed by atoms with Crippen LogP contribution < -0.4 is 0 Å². The predicted molar refractivity (Wildman–Crippen MR) is 107 cm³/mol. The quantitative estimate of drug-likeness (QED) is 0.246. The molecule has 1 heteroatoms. The van der Waals surface area contributed by atoms with Crippen LogP contribution in [0.5, 0.6) is 5.75 Å². The summed E-state index contributed by atoms with van der Waals surface area (Å²) in [6, 6.07) is 23.7. The highest BCUT2D eigenvalue weighted by Gasteiger charge is 2.20. The largest absolute Gasteiger partial charge is 0.507 e. The molecule has 0 radical (unpaired) electrons. The summed E-state index contributed by atoms with van der Waals surface area (Å²) >= 11 is 0. The highest BCUT2D eigenvalue weighted by Crippen LogP contribution is 2.49. The molecule has 0 bridgehead atoms. The fraction of sp³-hybridized carbons (Fsp3) is 0. The van der Waals surface area contributed by atoms with Crippen LogP contribution in [0.2, 0.25) is 0 Å². The standard InChI is InChI=1S/C24H12O/c25-18-11-16-8-7-14-4-2-12-1-3-13-5-6-15-9-10-17(18)24-22(15)20(13)19(12)21(14)23(16)24/h1-11,25H. The predicted octanol–water partition coefficient (Wildman–Crippen LogP) is 6.62. The maximum atomic E-state index is 10.6. The van der Waals surface area contributed by atoms with Crippen molar-refractivity contribution in [3.63, 3.8) is 0 Å². The van der Waals surface area contributed by atoms with Crippen molar-refractivity contribution >= 4 is 64.6 Å². The van der Waals surface area contributed by atoms with Crippen LogP contribution in [0, 0.1) is 0 Å². The van der Waals surface area contributed by atoms with Gasteiger partial charge in [0, 0.05) is 10.8 Å².